The number of rotatable bonds is 3. The molecule has 6 heteroatoms. The number of carbonyl (C=O) groups is 1. The number of benzene rings is 1. The molecule has 0 heterocycles. The molecule has 1 rings (SSSR count). The lowest BCUT2D eigenvalue weighted by atomic mass is 10.1. The highest BCUT2D eigenvalue weighted by Crippen LogP contribution is 2.20. The lowest BCUT2D eigenvalue weighted by Gasteiger charge is -2.06. The summed E-state index contributed by atoms with van der Waals surface area (Å²) in [6, 6.07) is 5.78. The molecular formula is C9H10N2O3S. The van der Waals surface area contributed by atoms with Crippen LogP contribution in [0.1, 0.15) is 5.56 Å². The Hall–Kier alpha value is -1.66. The predicted molar refractivity (Wildman–Crippen MR) is 56.0 cm³/mol. The van der Waals surface area contributed by atoms with Gasteiger partial charge in [-0.2, -0.15) is 0 Å². The molecule has 0 unspecified atom stereocenters. The Morgan fingerprint density at radius 3 is 2.27 bits per heavy atom. The maximum Gasteiger partial charge on any atom is 0.248 e. The Morgan fingerprint density at radius 2 is 1.80 bits per heavy atom. The fourth-order valence-corrected chi connectivity index (χ4v) is 1.86. The minimum Gasteiger partial charge on any atom is -0.366 e. The van der Waals surface area contributed by atoms with Gasteiger partial charge in [-0.3, -0.25) is 4.79 Å². The van der Waals surface area contributed by atoms with E-state index in [4.69, 9.17) is 10.9 Å². The number of hydrogen-bond acceptors (Lipinski definition) is 3. The van der Waals surface area contributed by atoms with E-state index < -0.39 is 15.9 Å². The van der Waals surface area contributed by atoms with Gasteiger partial charge in [-0.15, -0.1) is 0 Å². The molecule has 0 radical (unpaired) electrons. The molecule has 0 aliphatic heterocycles. The summed E-state index contributed by atoms with van der Waals surface area (Å²) in [6.45, 7) is 3.40. The summed E-state index contributed by atoms with van der Waals surface area (Å²) in [4.78, 5) is 10.7. The summed E-state index contributed by atoms with van der Waals surface area (Å²) >= 11 is 0. The van der Waals surface area contributed by atoms with Gasteiger partial charge in [0.2, 0.25) is 15.9 Å². The number of amides is 1. The van der Waals surface area contributed by atoms with Crippen molar-refractivity contribution < 1.29 is 13.2 Å². The van der Waals surface area contributed by atoms with Gasteiger partial charge in [0.1, 0.15) is 0 Å². The smallest absolute Gasteiger partial charge is 0.248 e. The quantitative estimate of drug-likeness (QED) is 0.699. The molecule has 0 spiro atoms. The average molecular weight is 226 g/mol. The van der Waals surface area contributed by atoms with E-state index in [9.17, 15) is 13.2 Å². The molecule has 0 fully saturated rings. The van der Waals surface area contributed by atoms with Crippen molar-refractivity contribution in [2.24, 2.45) is 10.9 Å². The summed E-state index contributed by atoms with van der Waals surface area (Å²) < 4.78 is 22.3. The van der Waals surface area contributed by atoms with Crippen molar-refractivity contribution in [2.75, 3.05) is 0 Å². The van der Waals surface area contributed by atoms with Crippen LogP contribution in [0.25, 0.3) is 5.57 Å². The Balaban J connectivity index is 3.44. The van der Waals surface area contributed by atoms with Crippen LogP contribution in [0.4, 0.5) is 0 Å². The van der Waals surface area contributed by atoms with Crippen LogP contribution >= 0.6 is 0 Å². The van der Waals surface area contributed by atoms with Crippen molar-refractivity contribution in [3.8, 4) is 0 Å². The van der Waals surface area contributed by atoms with Crippen LogP contribution < -0.4 is 10.9 Å². The molecule has 1 aromatic rings. The zero-order chi connectivity index (χ0) is 11.6. The second-order valence-electron chi connectivity index (χ2n) is 2.88. The first kappa shape index (κ1) is 11.4. The highest BCUT2D eigenvalue weighted by atomic mass is 32.2. The summed E-state index contributed by atoms with van der Waals surface area (Å²) in [5.41, 5.74) is 5.05. The molecular weight excluding hydrogens is 216 g/mol. The molecule has 80 valence electrons. The standard InChI is InChI=1S/C9H10N2O3S/c1-6(9(10)12)7-4-2-3-5-8(7)15(11,13)14/h2-5H,1H2,(H2,10,12)(H2,11,13,14). The van der Waals surface area contributed by atoms with Crippen LogP contribution in [0.15, 0.2) is 35.7 Å². The van der Waals surface area contributed by atoms with Crippen molar-refractivity contribution in [3.63, 3.8) is 0 Å². The molecule has 0 saturated heterocycles. The van der Waals surface area contributed by atoms with Crippen molar-refractivity contribution in [2.45, 2.75) is 4.90 Å². The van der Waals surface area contributed by atoms with Crippen molar-refractivity contribution in [1.29, 1.82) is 0 Å². The number of sulfonamides is 1. The molecule has 0 aliphatic carbocycles. The van der Waals surface area contributed by atoms with Gasteiger partial charge in [0.05, 0.1) is 4.90 Å². The molecule has 0 atom stereocenters. The van der Waals surface area contributed by atoms with E-state index in [0.717, 1.165) is 0 Å². The maximum absolute atomic E-state index is 11.2. The van der Waals surface area contributed by atoms with E-state index in [1.54, 1.807) is 6.07 Å². The first-order chi connectivity index (χ1) is 6.84. The van der Waals surface area contributed by atoms with Crippen molar-refractivity contribution in [3.05, 3.63) is 36.4 Å². The largest absolute Gasteiger partial charge is 0.366 e. The van der Waals surface area contributed by atoms with E-state index in [0.29, 0.717) is 0 Å². The van der Waals surface area contributed by atoms with Gasteiger partial charge in [-0.05, 0) is 6.07 Å². The predicted octanol–water partition coefficient (Wildman–Crippen LogP) is -0.167. The highest BCUT2D eigenvalue weighted by Gasteiger charge is 2.17. The Bertz CT molecular complexity index is 520. The van der Waals surface area contributed by atoms with E-state index in [2.05, 4.69) is 6.58 Å². The van der Waals surface area contributed by atoms with Crippen LogP contribution in [0, 0.1) is 0 Å². The van der Waals surface area contributed by atoms with E-state index >= 15 is 0 Å². The normalized spacial score (nSPS) is 11.0. The van der Waals surface area contributed by atoms with Gasteiger partial charge < -0.3 is 5.73 Å². The second-order valence-corrected chi connectivity index (χ2v) is 4.41. The third-order valence-electron chi connectivity index (χ3n) is 1.82. The summed E-state index contributed by atoms with van der Waals surface area (Å²) in [6.07, 6.45) is 0. The zero-order valence-electron chi connectivity index (χ0n) is 7.80. The monoisotopic (exact) mass is 226 g/mol. The van der Waals surface area contributed by atoms with Crippen LogP contribution in [-0.2, 0) is 14.8 Å². The van der Waals surface area contributed by atoms with Crippen LogP contribution in [0.5, 0.6) is 0 Å². The molecule has 4 N–H and O–H groups in total. The van der Waals surface area contributed by atoms with Gasteiger partial charge in [0, 0.05) is 11.1 Å². The lowest BCUT2D eigenvalue weighted by molar-refractivity contribution is -0.112. The topological polar surface area (TPSA) is 103 Å². The van der Waals surface area contributed by atoms with E-state index in [1.807, 2.05) is 0 Å². The Labute approximate surface area is 87.4 Å². The molecule has 0 saturated carbocycles. The maximum atomic E-state index is 11.2. The lowest BCUT2D eigenvalue weighted by Crippen LogP contribution is -2.18. The third-order valence-corrected chi connectivity index (χ3v) is 2.79. The minimum atomic E-state index is -3.88. The first-order valence-corrected chi connectivity index (χ1v) is 5.49. The van der Waals surface area contributed by atoms with Gasteiger partial charge in [0.25, 0.3) is 0 Å². The molecule has 1 aromatic carbocycles. The highest BCUT2D eigenvalue weighted by molar-refractivity contribution is 7.89. The van der Waals surface area contributed by atoms with E-state index in [-0.39, 0.29) is 16.0 Å². The fourth-order valence-electron chi connectivity index (χ4n) is 1.10. The fraction of sp³-hybridized carbons (Fsp3) is 0. The third kappa shape index (κ3) is 2.42. The van der Waals surface area contributed by atoms with Gasteiger partial charge in [-0.1, -0.05) is 24.8 Å². The molecule has 1 amide bonds. The van der Waals surface area contributed by atoms with Crippen molar-refractivity contribution >= 4 is 21.5 Å². The zero-order valence-corrected chi connectivity index (χ0v) is 8.62. The number of carbonyl (C=O) groups excluding carboxylic acids is 1. The van der Waals surface area contributed by atoms with Crippen LogP contribution in [0.3, 0.4) is 0 Å². The van der Waals surface area contributed by atoms with Gasteiger partial charge in [0.15, 0.2) is 0 Å². The van der Waals surface area contributed by atoms with Crippen LogP contribution in [0.2, 0.25) is 0 Å². The molecule has 5 nitrogen and oxygen atoms in total. The first-order valence-electron chi connectivity index (χ1n) is 3.95. The Kier molecular flexibility index (Phi) is 2.92. The summed E-state index contributed by atoms with van der Waals surface area (Å²) in [7, 11) is -3.88. The number of primary sulfonamides is 1. The van der Waals surface area contributed by atoms with E-state index in [1.165, 1.54) is 18.2 Å². The summed E-state index contributed by atoms with van der Waals surface area (Å²) in [5, 5.41) is 4.97. The average Bonchev–Trinajstić information content (AvgIpc) is 2.15. The van der Waals surface area contributed by atoms with Crippen LogP contribution in [-0.4, -0.2) is 14.3 Å². The SMILES string of the molecule is C=C(C(N)=O)c1ccccc1S(N)(=O)=O. The number of hydrogen-bond donors (Lipinski definition) is 2. The minimum absolute atomic E-state index is 0.0837. The molecule has 15 heavy (non-hydrogen) atoms. The molecule has 0 bridgehead atoms. The molecule has 0 aliphatic rings. The van der Waals surface area contributed by atoms with Gasteiger partial charge in [-0.25, -0.2) is 13.6 Å². The van der Waals surface area contributed by atoms with Crippen molar-refractivity contribution in [1.82, 2.24) is 0 Å². The second kappa shape index (κ2) is 3.84. The Morgan fingerprint density at radius 1 is 1.27 bits per heavy atom. The molecule has 0 aromatic heterocycles. The number of primary amides is 1. The summed E-state index contributed by atoms with van der Waals surface area (Å²) in [5.74, 6) is -0.786. The number of nitrogens with two attached hydrogens (primary N) is 2. The van der Waals surface area contributed by atoms with Gasteiger partial charge >= 0.3 is 0 Å².